The van der Waals surface area contributed by atoms with Crippen molar-refractivity contribution in [1.82, 2.24) is 0 Å². The van der Waals surface area contributed by atoms with Gasteiger partial charge in [0, 0.05) is 0 Å². The van der Waals surface area contributed by atoms with Gasteiger partial charge in [-0.2, -0.15) is 0 Å². The fourth-order valence-electron chi connectivity index (χ4n) is 2.60. The van der Waals surface area contributed by atoms with Gasteiger partial charge in [-0.25, -0.2) is 4.79 Å². The van der Waals surface area contributed by atoms with Gasteiger partial charge in [0.25, 0.3) is 0 Å². The number of aryl methyl sites for hydroxylation is 1. The largest absolute Gasteiger partial charge is 0.459 e. The van der Waals surface area contributed by atoms with E-state index in [0.29, 0.717) is 6.42 Å². The first-order valence-electron chi connectivity index (χ1n) is 7.02. The number of hydrogen-bond acceptors (Lipinski definition) is 4. The van der Waals surface area contributed by atoms with Gasteiger partial charge in [-0.15, -0.1) is 0 Å². The van der Waals surface area contributed by atoms with Crippen LogP contribution in [0.2, 0.25) is 0 Å². The number of esters is 1. The first-order valence-corrected chi connectivity index (χ1v) is 7.02. The van der Waals surface area contributed by atoms with Gasteiger partial charge in [-0.1, -0.05) is 24.3 Å². The van der Waals surface area contributed by atoms with Crippen LogP contribution in [0.15, 0.2) is 24.3 Å². The highest BCUT2D eigenvalue weighted by Crippen LogP contribution is 2.36. The summed E-state index contributed by atoms with van der Waals surface area (Å²) >= 11 is 0. The van der Waals surface area contributed by atoms with Gasteiger partial charge < -0.3 is 15.6 Å². The van der Waals surface area contributed by atoms with Crippen molar-refractivity contribution in [2.45, 2.75) is 57.3 Å². The number of ether oxygens (including phenoxy) is 1. The number of hydrogen-bond donors (Lipinski definition) is 2. The molecular weight excluding hydrogens is 254 g/mol. The van der Waals surface area contributed by atoms with E-state index in [1.165, 1.54) is 0 Å². The van der Waals surface area contributed by atoms with Crippen LogP contribution in [0.4, 0.5) is 0 Å². The Labute approximate surface area is 119 Å². The van der Waals surface area contributed by atoms with Gasteiger partial charge in [-0.3, -0.25) is 0 Å². The van der Waals surface area contributed by atoms with E-state index in [-0.39, 0.29) is 0 Å². The van der Waals surface area contributed by atoms with Crippen molar-refractivity contribution in [3.8, 4) is 0 Å². The summed E-state index contributed by atoms with van der Waals surface area (Å²) in [6.45, 7) is 5.39. The molecule has 4 nitrogen and oxygen atoms in total. The van der Waals surface area contributed by atoms with Crippen molar-refractivity contribution in [3.63, 3.8) is 0 Å². The topological polar surface area (TPSA) is 72.5 Å². The highest BCUT2D eigenvalue weighted by Gasteiger charge is 2.46. The summed E-state index contributed by atoms with van der Waals surface area (Å²) in [5.41, 5.74) is 6.04. The van der Waals surface area contributed by atoms with E-state index >= 15 is 0 Å². The fraction of sp³-hybridized carbons (Fsp3) is 0.562. The molecule has 0 saturated carbocycles. The number of carbonyl (C=O) groups is 1. The summed E-state index contributed by atoms with van der Waals surface area (Å²) in [4.78, 5) is 12.4. The number of carbonyl (C=O) groups excluding carboxylic acids is 1. The molecule has 110 valence electrons. The Balaban J connectivity index is 2.34. The second-order valence-corrected chi connectivity index (χ2v) is 6.50. The molecule has 20 heavy (non-hydrogen) atoms. The highest BCUT2D eigenvalue weighted by atomic mass is 16.6. The van der Waals surface area contributed by atoms with Crippen LogP contribution in [-0.4, -0.2) is 22.2 Å². The molecule has 0 heterocycles. The lowest BCUT2D eigenvalue weighted by Crippen LogP contribution is -2.55. The van der Waals surface area contributed by atoms with E-state index in [0.717, 1.165) is 24.0 Å². The lowest BCUT2D eigenvalue weighted by atomic mass is 9.86. The molecule has 0 bridgehead atoms. The molecule has 1 aromatic carbocycles. The molecular formula is C16H23NO3. The zero-order valence-corrected chi connectivity index (χ0v) is 12.3. The molecule has 0 unspecified atom stereocenters. The standard InChI is InChI=1S/C16H23NO3/c1-15(2,3)20-14(19)16(17)10-6-8-11-7-4-5-9-12(11)13(16)18/h4-5,7,9,13,18H,6,8,10,17H2,1-3H3/t13-,16-/m1/s1. The van der Waals surface area contributed by atoms with Gasteiger partial charge in [-0.05, 0) is 51.2 Å². The third-order valence-corrected chi connectivity index (χ3v) is 3.65. The average molecular weight is 277 g/mol. The quantitative estimate of drug-likeness (QED) is 0.609. The smallest absolute Gasteiger partial charge is 0.329 e. The Morgan fingerprint density at radius 1 is 1.40 bits per heavy atom. The molecule has 1 aliphatic rings. The Kier molecular flexibility index (Phi) is 3.89. The van der Waals surface area contributed by atoms with Crippen LogP contribution in [0, 0.1) is 0 Å². The number of rotatable bonds is 1. The highest BCUT2D eigenvalue weighted by molar-refractivity contribution is 5.82. The van der Waals surface area contributed by atoms with Crippen molar-refractivity contribution in [2.24, 2.45) is 5.73 Å². The predicted octanol–water partition coefficient (Wildman–Crippen LogP) is 2.10. The molecule has 0 amide bonds. The van der Waals surface area contributed by atoms with Crippen LogP contribution in [0.5, 0.6) is 0 Å². The first-order chi connectivity index (χ1) is 9.24. The lowest BCUT2D eigenvalue weighted by molar-refractivity contribution is -0.167. The van der Waals surface area contributed by atoms with Crippen molar-refractivity contribution in [1.29, 1.82) is 0 Å². The van der Waals surface area contributed by atoms with Crippen LogP contribution < -0.4 is 5.73 Å². The molecule has 0 fully saturated rings. The maximum absolute atomic E-state index is 12.4. The molecule has 0 radical (unpaired) electrons. The molecule has 0 spiro atoms. The van der Waals surface area contributed by atoms with Gasteiger partial charge in [0.2, 0.25) is 0 Å². The molecule has 0 aromatic heterocycles. The van der Waals surface area contributed by atoms with Crippen molar-refractivity contribution < 1.29 is 14.6 Å². The number of aliphatic hydroxyl groups excluding tert-OH is 1. The minimum atomic E-state index is -1.38. The van der Waals surface area contributed by atoms with Gasteiger partial charge >= 0.3 is 5.97 Å². The first kappa shape index (κ1) is 15.0. The van der Waals surface area contributed by atoms with Gasteiger partial charge in [0.15, 0.2) is 0 Å². The van der Waals surface area contributed by atoms with Crippen LogP contribution in [-0.2, 0) is 16.0 Å². The van der Waals surface area contributed by atoms with E-state index in [9.17, 15) is 9.90 Å². The third kappa shape index (κ3) is 2.86. The monoisotopic (exact) mass is 277 g/mol. The number of fused-ring (bicyclic) bond motifs is 1. The Bertz CT molecular complexity index is 507. The summed E-state index contributed by atoms with van der Waals surface area (Å²) in [6, 6.07) is 7.59. The summed E-state index contributed by atoms with van der Waals surface area (Å²) in [5.74, 6) is -0.533. The maximum atomic E-state index is 12.4. The van der Waals surface area contributed by atoms with Crippen molar-refractivity contribution in [2.75, 3.05) is 0 Å². The normalized spacial score (nSPS) is 26.6. The SMILES string of the molecule is CC(C)(C)OC(=O)[C@@]1(N)CCCc2ccccc2[C@H]1O. The van der Waals surface area contributed by atoms with Crippen LogP contribution >= 0.6 is 0 Å². The number of aliphatic hydroxyl groups is 1. The van der Waals surface area contributed by atoms with E-state index in [1.54, 1.807) is 20.8 Å². The summed E-state index contributed by atoms with van der Waals surface area (Å²) in [6.07, 6.45) is 0.951. The van der Waals surface area contributed by atoms with Gasteiger partial charge in [0.1, 0.15) is 17.2 Å². The van der Waals surface area contributed by atoms with Crippen LogP contribution in [0.3, 0.4) is 0 Å². The lowest BCUT2D eigenvalue weighted by Gasteiger charge is -2.34. The van der Waals surface area contributed by atoms with E-state index in [2.05, 4.69) is 0 Å². The number of benzene rings is 1. The molecule has 2 rings (SSSR count). The third-order valence-electron chi connectivity index (χ3n) is 3.65. The second-order valence-electron chi connectivity index (χ2n) is 6.50. The molecule has 3 N–H and O–H groups in total. The minimum Gasteiger partial charge on any atom is -0.459 e. The summed E-state index contributed by atoms with van der Waals surface area (Å²) in [5, 5.41) is 10.6. The Hall–Kier alpha value is -1.39. The molecule has 0 saturated heterocycles. The molecule has 0 aliphatic heterocycles. The Morgan fingerprint density at radius 3 is 2.70 bits per heavy atom. The fourth-order valence-corrected chi connectivity index (χ4v) is 2.60. The predicted molar refractivity (Wildman–Crippen MR) is 77.1 cm³/mol. The van der Waals surface area contributed by atoms with Crippen molar-refractivity contribution in [3.05, 3.63) is 35.4 Å². The number of nitrogens with two attached hydrogens (primary N) is 1. The van der Waals surface area contributed by atoms with E-state index < -0.39 is 23.2 Å². The maximum Gasteiger partial charge on any atom is 0.329 e. The summed E-state index contributed by atoms with van der Waals surface area (Å²) in [7, 11) is 0. The molecule has 1 aromatic rings. The zero-order valence-electron chi connectivity index (χ0n) is 12.3. The minimum absolute atomic E-state index is 0.414. The zero-order chi connectivity index (χ0) is 15.0. The van der Waals surface area contributed by atoms with Crippen LogP contribution in [0.1, 0.15) is 50.8 Å². The van der Waals surface area contributed by atoms with Gasteiger partial charge in [0.05, 0.1) is 0 Å². The molecule has 2 atom stereocenters. The van der Waals surface area contributed by atoms with Crippen LogP contribution in [0.25, 0.3) is 0 Å². The summed E-state index contributed by atoms with van der Waals surface area (Å²) < 4.78 is 5.40. The second kappa shape index (κ2) is 5.19. The Morgan fingerprint density at radius 2 is 2.05 bits per heavy atom. The molecule has 4 heteroatoms. The average Bonchev–Trinajstić information content (AvgIpc) is 2.47. The van der Waals surface area contributed by atoms with Crippen molar-refractivity contribution >= 4 is 5.97 Å². The van der Waals surface area contributed by atoms with E-state index in [1.807, 2.05) is 24.3 Å². The molecule has 1 aliphatic carbocycles. The van der Waals surface area contributed by atoms with E-state index in [4.69, 9.17) is 10.5 Å².